The van der Waals surface area contributed by atoms with Crippen molar-refractivity contribution in [3.8, 4) is 11.4 Å². The molecule has 0 unspecified atom stereocenters. The van der Waals surface area contributed by atoms with Crippen LogP contribution >= 0.6 is 11.3 Å². The van der Waals surface area contributed by atoms with Gasteiger partial charge in [-0.25, -0.2) is 0 Å². The molecule has 0 aliphatic carbocycles. The van der Waals surface area contributed by atoms with Gasteiger partial charge in [-0.05, 0) is 96.1 Å². The van der Waals surface area contributed by atoms with Gasteiger partial charge < -0.3 is 9.13 Å². The van der Waals surface area contributed by atoms with Gasteiger partial charge in [-0.15, -0.1) is 11.3 Å². The van der Waals surface area contributed by atoms with Gasteiger partial charge in [0, 0.05) is 53.1 Å². The predicted octanol–water partition coefficient (Wildman–Crippen LogP) is 13.0. The highest BCUT2D eigenvalue weighted by Crippen LogP contribution is 2.42. The Hall–Kier alpha value is -9.11. The van der Waals surface area contributed by atoms with Gasteiger partial charge in [0.05, 0.1) is 22.1 Å². The van der Waals surface area contributed by atoms with Crippen LogP contribution in [0.25, 0.3) is 75.2 Å². The van der Waals surface area contributed by atoms with Gasteiger partial charge >= 0.3 is 0 Å². The van der Waals surface area contributed by atoms with Crippen LogP contribution in [0.15, 0.2) is 303 Å². The number of thiophene rings is 1. The minimum absolute atomic E-state index is 1.15. The largest absolute Gasteiger partial charge is 0.309 e. The first-order chi connectivity index (χ1) is 38.2. The van der Waals surface area contributed by atoms with Crippen LogP contribution in [-0.2, 0) is 0 Å². The number of benzene rings is 12. The van der Waals surface area contributed by atoms with E-state index in [2.05, 4.69) is 312 Å². The fourth-order valence-electron chi connectivity index (χ4n) is 13.2. The van der Waals surface area contributed by atoms with Crippen molar-refractivity contribution in [2.45, 2.75) is 0 Å². The maximum Gasteiger partial charge on any atom is 0.179 e. The van der Waals surface area contributed by atoms with Crippen LogP contribution in [0.5, 0.6) is 0 Å². The first-order valence-electron chi connectivity index (χ1n) is 26.6. The summed E-state index contributed by atoms with van der Waals surface area (Å²) >= 11 is 1.88. The van der Waals surface area contributed by atoms with Crippen molar-refractivity contribution < 1.29 is 0 Å². The molecule has 2 nitrogen and oxygen atoms in total. The molecule has 0 N–H and O–H groups in total. The molecule has 5 heteroatoms. The van der Waals surface area contributed by atoms with Crippen LogP contribution < -0.4 is 41.5 Å². The molecule has 3 aromatic heterocycles. The van der Waals surface area contributed by atoms with Crippen molar-refractivity contribution in [1.29, 1.82) is 0 Å². The molecule has 362 valence electrons. The number of nitrogens with zero attached hydrogens (tertiary/aromatic N) is 2. The topological polar surface area (TPSA) is 9.86 Å². The normalized spacial score (nSPS) is 12.2. The first kappa shape index (κ1) is 45.3. The molecule has 0 aliphatic heterocycles. The number of hydrogen-bond donors (Lipinski definition) is 0. The number of para-hydroxylation sites is 2. The second kappa shape index (κ2) is 18.3. The smallest absolute Gasteiger partial charge is 0.179 e. The second-order valence-corrected chi connectivity index (χ2v) is 29.0. The number of hydrogen-bond acceptors (Lipinski definition) is 1. The third kappa shape index (κ3) is 6.91. The van der Waals surface area contributed by atoms with Crippen molar-refractivity contribution in [3.05, 3.63) is 303 Å². The Morgan fingerprint density at radius 2 is 0.636 bits per heavy atom. The van der Waals surface area contributed by atoms with E-state index in [4.69, 9.17) is 0 Å². The van der Waals surface area contributed by atoms with Gasteiger partial charge in [0.25, 0.3) is 0 Å². The fraction of sp³-hybridized carbons (Fsp3) is 0. The predicted molar refractivity (Wildman–Crippen MR) is 335 cm³/mol. The molecule has 77 heavy (non-hydrogen) atoms. The molecule has 0 atom stereocenters. The lowest BCUT2D eigenvalue weighted by Crippen LogP contribution is -2.74. The summed E-state index contributed by atoms with van der Waals surface area (Å²) in [5.74, 6) is 0. The lowest BCUT2D eigenvalue weighted by atomic mass is 10.1. The molecule has 3 heterocycles. The molecule has 0 radical (unpaired) electrons. The van der Waals surface area contributed by atoms with Crippen LogP contribution in [0.3, 0.4) is 0 Å². The second-order valence-electron chi connectivity index (χ2n) is 20.3. The van der Waals surface area contributed by atoms with Crippen molar-refractivity contribution >= 4 is 133 Å². The van der Waals surface area contributed by atoms with E-state index in [0.29, 0.717) is 0 Å². The third-order valence-corrected chi connectivity index (χ3v) is 27.1. The highest BCUT2D eigenvalue weighted by Gasteiger charge is 2.43. The Bertz CT molecular complexity index is 4540. The summed E-state index contributed by atoms with van der Waals surface area (Å²) in [5, 5.41) is 18.4. The summed E-state index contributed by atoms with van der Waals surface area (Å²) in [6.45, 7) is 0. The minimum atomic E-state index is -3.00. The van der Waals surface area contributed by atoms with Gasteiger partial charge in [0.15, 0.2) is 16.1 Å². The molecule has 0 bridgehead atoms. The summed E-state index contributed by atoms with van der Waals surface area (Å²) in [6.07, 6.45) is 0. The standard InChI is InChI=1S/C72H50N2SSi2/c1-6-26-53(27-7-1)76(54-28-8-2-9-29-54,55-30-10-3-11-31-55)58-36-22-24-51(48-58)73-67-42-20-17-40-64(67)71-68(73)46-45-63-61-38-16-19-41-66(61)74(72(63)71)52-25-23-37-59(49-52)77(56-32-12-4-13-33-56,57-34-14-5-15-35-57)60-44-47-70-65(50-60)62-39-18-21-43-69(62)75-70/h1-50H. The molecule has 15 aromatic rings. The third-order valence-electron chi connectivity index (χ3n) is 16.4. The van der Waals surface area contributed by atoms with Crippen molar-refractivity contribution in [2.75, 3.05) is 0 Å². The van der Waals surface area contributed by atoms with E-state index in [-0.39, 0.29) is 0 Å². The lowest BCUT2D eigenvalue weighted by molar-refractivity contribution is 1.18. The van der Waals surface area contributed by atoms with Gasteiger partial charge in [-0.3, -0.25) is 0 Å². The van der Waals surface area contributed by atoms with Crippen LogP contribution in [0, 0.1) is 0 Å². The molecule has 0 aliphatic rings. The van der Waals surface area contributed by atoms with E-state index < -0.39 is 16.1 Å². The maximum absolute atomic E-state index is 3.00. The summed E-state index contributed by atoms with van der Waals surface area (Å²) in [7, 11) is -5.83. The van der Waals surface area contributed by atoms with Gasteiger partial charge in [-0.2, -0.15) is 0 Å². The van der Waals surface area contributed by atoms with Crippen LogP contribution in [-0.4, -0.2) is 25.3 Å². The summed E-state index contributed by atoms with van der Waals surface area (Å²) in [4.78, 5) is 0. The SMILES string of the molecule is c1ccc([Si](c2ccccc2)(c2ccccc2)c2cccc(-n3c4ccccc4c4c3ccc3c5ccccc5n(-c5cccc([Si](c6ccccc6)(c6ccccc6)c6ccc7sc8ccccc8c7c6)c5)c34)c2)cc1. The molecule has 0 fully saturated rings. The molecule has 0 saturated heterocycles. The Kier molecular flexibility index (Phi) is 10.8. The average Bonchev–Trinajstić information content (AvgIpc) is 4.35. The maximum atomic E-state index is 2.58. The monoisotopic (exact) mass is 1030 g/mol. The van der Waals surface area contributed by atoms with Crippen LogP contribution in [0.1, 0.15) is 0 Å². The molecule has 12 aromatic carbocycles. The Morgan fingerprint density at radius 3 is 1.18 bits per heavy atom. The van der Waals surface area contributed by atoms with E-state index in [0.717, 1.165) is 11.4 Å². The van der Waals surface area contributed by atoms with Crippen molar-refractivity contribution in [2.24, 2.45) is 0 Å². The van der Waals surface area contributed by atoms with Gasteiger partial charge in [0.2, 0.25) is 0 Å². The minimum Gasteiger partial charge on any atom is -0.309 e. The molecular formula is C72H50N2SSi2. The number of fused-ring (bicyclic) bond motifs is 10. The van der Waals surface area contributed by atoms with Gasteiger partial charge in [0.1, 0.15) is 0 Å². The molecule has 0 saturated carbocycles. The molecule has 0 spiro atoms. The lowest BCUT2D eigenvalue weighted by Gasteiger charge is -2.35. The zero-order valence-corrected chi connectivity index (χ0v) is 45.0. The quantitative estimate of drug-likeness (QED) is 0.0954. The summed E-state index contributed by atoms with van der Waals surface area (Å²) < 4.78 is 7.74. The van der Waals surface area contributed by atoms with Crippen molar-refractivity contribution in [3.63, 3.8) is 0 Å². The molecular weight excluding hydrogens is 981 g/mol. The summed E-state index contributed by atoms with van der Waals surface area (Å²) in [6, 6.07) is 115. The van der Waals surface area contributed by atoms with E-state index >= 15 is 0 Å². The van der Waals surface area contributed by atoms with Crippen LogP contribution in [0.4, 0.5) is 0 Å². The average molecular weight is 1030 g/mol. The highest BCUT2D eigenvalue weighted by molar-refractivity contribution is 7.26. The van der Waals surface area contributed by atoms with Crippen LogP contribution in [0.2, 0.25) is 0 Å². The van der Waals surface area contributed by atoms with Crippen molar-refractivity contribution in [1.82, 2.24) is 9.13 Å². The van der Waals surface area contributed by atoms with E-state index in [9.17, 15) is 0 Å². The van der Waals surface area contributed by atoms with E-state index in [1.807, 2.05) is 11.3 Å². The molecule has 0 amide bonds. The Balaban J connectivity index is 1.00. The van der Waals surface area contributed by atoms with E-state index in [1.54, 1.807) is 0 Å². The number of aromatic nitrogens is 2. The fourth-order valence-corrected chi connectivity index (χ4v) is 23.9. The Labute approximate surface area is 453 Å². The summed E-state index contributed by atoms with van der Waals surface area (Å²) in [5.41, 5.74) is 7.06. The number of rotatable bonds is 10. The van der Waals surface area contributed by atoms with Gasteiger partial charge in [-0.1, -0.05) is 249 Å². The highest BCUT2D eigenvalue weighted by atomic mass is 32.1. The van der Waals surface area contributed by atoms with E-state index in [1.165, 1.54) is 105 Å². The zero-order chi connectivity index (χ0) is 50.9. The first-order valence-corrected chi connectivity index (χ1v) is 31.4. The molecule has 15 rings (SSSR count). The Morgan fingerprint density at radius 1 is 0.234 bits per heavy atom. The zero-order valence-electron chi connectivity index (χ0n) is 42.2.